The molecule has 2 atom stereocenters. The lowest BCUT2D eigenvalue weighted by atomic mass is 10.1. The van der Waals surface area contributed by atoms with Crippen molar-refractivity contribution in [3.05, 3.63) is 29.8 Å². The van der Waals surface area contributed by atoms with Gasteiger partial charge in [-0.25, -0.2) is 0 Å². The number of morpholine rings is 1. The topological polar surface area (TPSA) is 29.5 Å². The van der Waals surface area contributed by atoms with E-state index in [-0.39, 0.29) is 17.2 Å². The van der Waals surface area contributed by atoms with E-state index in [1.807, 2.05) is 17.0 Å². The Morgan fingerprint density at radius 3 is 3.06 bits per heavy atom. The fourth-order valence-corrected chi connectivity index (χ4v) is 3.82. The molecule has 1 saturated heterocycles. The van der Waals surface area contributed by atoms with E-state index < -0.39 is 0 Å². The molecule has 1 aromatic carbocycles. The van der Waals surface area contributed by atoms with E-state index in [0.717, 1.165) is 13.0 Å². The zero-order valence-corrected chi connectivity index (χ0v) is 11.3. The summed E-state index contributed by atoms with van der Waals surface area (Å²) in [6, 6.07) is 8.52. The van der Waals surface area contributed by atoms with Crippen molar-refractivity contribution in [2.24, 2.45) is 0 Å². The highest BCUT2D eigenvalue weighted by molar-refractivity contribution is 8.01. The molecule has 4 heteroatoms. The lowest BCUT2D eigenvalue weighted by Gasteiger charge is -2.34. The molecule has 2 aliphatic rings. The minimum Gasteiger partial charge on any atom is -0.377 e. The van der Waals surface area contributed by atoms with Crippen LogP contribution < -0.4 is 0 Å². The standard InChI is InChI=1S/C14H17NO2S/c1-10-9-17-7-6-15(10)14(16)13-8-11-4-2-3-5-12(11)18-13/h2-5,10,13H,6-9H2,1H3/t10-,13+/m1/s1. The SMILES string of the molecule is C[C@@H]1COCCN1C(=O)[C@@H]1Cc2ccccc2S1. The highest BCUT2D eigenvalue weighted by Gasteiger charge is 2.34. The van der Waals surface area contributed by atoms with Crippen molar-refractivity contribution < 1.29 is 9.53 Å². The van der Waals surface area contributed by atoms with E-state index in [1.165, 1.54) is 10.5 Å². The molecule has 2 heterocycles. The lowest BCUT2D eigenvalue weighted by Crippen LogP contribution is -2.50. The summed E-state index contributed by atoms with van der Waals surface area (Å²) in [6.45, 7) is 4.12. The van der Waals surface area contributed by atoms with E-state index in [0.29, 0.717) is 13.2 Å². The molecule has 0 aliphatic carbocycles. The first-order valence-electron chi connectivity index (χ1n) is 6.38. The Labute approximate surface area is 111 Å². The molecule has 0 radical (unpaired) electrons. The van der Waals surface area contributed by atoms with Crippen LogP contribution in [-0.2, 0) is 16.0 Å². The van der Waals surface area contributed by atoms with Crippen molar-refractivity contribution in [2.75, 3.05) is 19.8 Å². The minimum absolute atomic E-state index is 0.0583. The van der Waals surface area contributed by atoms with Crippen LogP contribution in [0.3, 0.4) is 0 Å². The molecule has 96 valence electrons. The molecule has 1 fully saturated rings. The smallest absolute Gasteiger partial charge is 0.236 e. The first kappa shape index (κ1) is 12.1. The number of benzene rings is 1. The van der Waals surface area contributed by atoms with Crippen LogP contribution in [0.1, 0.15) is 12.5 Å². The van der Waals surface area contributed by atoms with Gasteiger partial charge in [-0.05, 0) is 25.0 Å². The number of thioether (sulfide) groups is 1. The molecule has 0 aromatic heterocycles. The largest absolute Gasteiger partial charge is 0.377 e. The Balaban J connectivity index is 1.72. The summed E-state index contributed by atoms with van der Waals surface area (Å²) in [7, 11) is 0. The number of fused-ring (bicyclic) bond motifs is 1. The van der Waals surface area contributed by atoms with Crippen LogP contribution in [0.25, 0.3) is 0 Å². The molecule has 0 unspecified atom stereocenters. The quantitative estimate of drug-likeness (QED) is 0.775. The molecule has 3 rings (SSSR count). The zero-order valence-electron chi connectivity index (χ0n) is 10.5. The Morgan fingerprint density at radius 2 is 2.28 bits per heavy atom. The van der Waals surface area contributed by atoms with E-state index in [4.69, 9.17) is 4.74 Å². The van der Waals surface area contributed by atoms with Gasteiger partial charge in [0, 0.05) is 11.4 Å². The third-order valence-corrected chi connectivity index (χ3v) is 4.88. The van der Waals surface area contributed by atoms with Crippen LogP contribution in [0.2, 0.25) is 0 Å². The third kappa shape index (κ3) is 2.15. The maximum absolute atomic E-state index is 12.5. The molecule has 0 N–H and O–H groups in total. The number of hydrogen-bond acceptors (Lipinski definition) is 3. The second kappa shape index (κ2) is 4.94. The van der Waals surface area contributed by atoms with Gasteiger partial charge in [-0.15, -0.1) is 11.8 Å². The first-order valence-corrected chi connectivity index (χ1v) is 7.26. The zero-order chi connectivity index (χ0) is 12.5. The van der Waals surface area contributed by atoms with Crippen molar-refractivity contribution >= 4 is 17.7 Å². The molecule has 1 aromatic rings. The summed E-state index contributed by atoms with van der Waals surface area (Å²) >= 11 is 1.71. The Morgan fingerprint density at radius 1 is 1.44 bits per heavy atom. The molecule has 18 heavy (non-hydrogen) atoms. The first-order chi connectivity index (χ1) is 8.75. The maximum atomic E-state index is 12.5. The fourth-order valence-electron chi connectivity index (χ4n) is 2.56. The molecular formula is C14H17NO2S. The predicted octanol–water partition coefficient (Wildman–Crippen LogP) is 1.95. The van der Waals surface area contributed by atoms with Crippen LogP contribution in [-0.4, -0.2) is 41.9 Å². The van der Waals surface area contributed by atoms with Gasteiger partial charge in [-0.1, -0.05) is 18.2 Å². The molecule has 0 bridgehead atoms. The normalized spacial score (nSPS) is 27.1. The monoisotopic (exact) mass is 263 g/mol. The average molecular weight is 263 g/mol. The number of hydrogen-bond donors (Lipinski definition) is 0. The molecular weight excluding hydrogens is 246 g/mol. The Kier molecular flexibility index (Phi) is 3.31. The number of ether oxygens (including phenoxy) is 1. The highest BCUT2D eigenvalue weighted by Crippen LogP contribution is 2.37. The predicted molar refractivity (Wildman–Crippen MR) is 71.8 cm³/mol. The minimum atomic E-state index is 0.0583. The molecule has 0 saturated carbocycles. The maximum Gasteiger partial charge on any atom is 0.236 e. The Hall–Kier alpha value is -1.00. The molecule has 2 aliphatic heterocycles. The van der Waals surface area contributed by atoms with Crippen molar-refractivity contribution in [2.45, 2.75) is 29.5 Å². The van der Waals surface area contributed by atoms with Crippen LogP contribution >= 0.6 is 11.8 Å². The second-order valence-corrected chi connectivity index (χ2v) is 6.12. The summed E-state index contributed by atoms with van der Waals surface area (Å²) in [4.78, 5) is 15.8. The van der Waals surface area contributed by atoms with E-state index in [9.17, 15) is 4.79 Å². The van der Waals surface area contributed by atoms with E-state index in [2.05, 4.69) is 19.1 Å². The number of rotatable bonds is 1. The van der Waals surface area contributed by atoms with Gasteiger partial charge in [0.15, 0.2) is 0 Å². The average Bonchev–Trinajstić information content (AvgIpc) is 2.82. The van der Waals surface area contributed by atoms with Gasteiger partial charge >= 0.3 is 0 Å². The second-order valence-electron chi connectivity index (χ2n) is 4.87. The van der Waals surface area contributed by atoms with Gasteiger partial charge in [0.05, 0.1) is 24.5 Å². The number of carbonyl (C=O) groups excluding carboxylic acids is 1. The summed E-state index contributed by atoms with van der Waals surface area (Å²) < 4.78 is 5.39. The van der Waals surface area contributed by atoms with E-state index in [1.54, 1.807) is 11.8 Å². The fraction of sp³-hybridized carbons (Fsp3) is 0.500. The van der Waals surface area contributed by atoms with Gasteiger partial charge < -0.3 is 9.64 Å². The third-order valence-electron chi connectivity index (χ3n) is 3.57. The van der Waals surface area contributed by atoms with Crippen molar-refractivity contribution in [3.63, 3.8) is 0 Å². The number of carbonyl (C=O) groups is 1. The molecule has 3 nitrogen and oxygen atoms in total. The summed E-state index contributed by atoms with van der Waals surface area (Å²) in [5, 5.41) is 0.0583. The Bertz CT molecular complexity index is 438. The van der Waals surface area contributed by atoms with Gasteiger partial charge in [0.25, 0.3) is 0 Å². The number of amides is 1. The van der Waals surface area contributed by atoms with Crippen LogP contribution in [0.4, 0.5) is 0 Å². The van der Waals surface area contributed by atoms with Crippen LogP contribution in [0.5, 0.6) is 0 Å². The van der Waals surface area contributed by atoms with Crippen LogP contribution in [0, 0.1) is 0 Å². The summed E-state index contributed by atoms with van der Waals surface area (Å²) in [6.07, 6.45) is 0.865. The lowest BCUT2D eigenvalue weighted by molar-refractivity contribution is -0.138. The number of nitrogens with zero attached hydrogens (tertiary/aromatic N) is 1. The van der Waals surface area contributed by atoms with Gasteiger partial charge in [-0.2, -0.15) is 0 Å². The van der Waals surface area contributed by atoms with Gasteiger partial charge in [-0.3, -0.25) is 4.79 Å². The van der Waals surface area contributed by atoms with Crippen molar-refractivity contribution in [1.82, 2.24) is 4.90 Å². The van der Waals surface area contributed by atoms with Gasteiger partial charge in [0.1, 0.15) is 0 Å². The molecule has 0 spiro atoms. The summed E-state index contributed by atoms with van der Waals surface area (Å²) in [5.41, 5.74) is 1.31. The molecule has 1 amide bonds. The van der Waals surface area contributed by atoms with Crippen molar-refractivity contribution in [3.8, 4) is 0 Å². The van der Waals surface area contributed by atoms with Crippen LogP contribution in [0.15, 0.2) is 29.2 Å². The summed E-state index contributed by atoms with van der Waals surface area (Å²) in [5.74, 6) is 0.270. The highest BCUT2D eigenvalue weighted by atomic mass is 32.2. The van der Waals surface area contributed by atoms with E-state index >= 15 is 0 Å². The van der Waals surface area contributed by atoms with Crippen molar-refractivity contribution in [1.29, 1.82) is 0 Å². The van der Waals surface area contributed by atoms with Gasteiger partial charge in [0.2, 0.25) is 5.91 Å².